The lowest BCUT2D eigenvalue weighted by Gasteiger charge is -2.16. The van der Waals surface area contributed by atoms with Crippen LogP contribution < -0.4 is 0 Å². The predicted octanol–water partition coefficient (Wildman–Crippen LogP) is 3.04. The number of methoxy groups -OCH3 is 1. The summed E-state index contributed by atoms with van der Waals surface area (Å²) in [7, 11) is 1.41. The van der Waals surface area contributed by atoms with Crippen LogP contribution in [0.4, 0.5) is 0 Å². The second-order valence-electron chi connectivity index (χ2n) is 5.48. The number of hydrogen-bond donors (Lipinski definition) is 0. The Morgan fingerprint density at radius 2 is 2.10 bits per heavy atom. The van der Waals surface area contributed by atoms with Crippen LogP contribution in [0, 0.1) is 0 Å². The number of thioether (sulfide) groups is 1. The van der Waals surface area contributed by atoms with Crippen LogP contribution in [0.2, 0.25) is 0 Å². The van der Waals surface area contributed by atoms with Crippen molar-refractivity contribution in [1.82, 2.24) is 0 Å². The molecule has 5 heteroatoms. The molecule has 1 fully saturated rings. The van der Waals surface area contributed by atoms with Crippen molar-refractivity contribution in [2.24, 2.45) is 0 Å². The fourth-order valence-electron chi connectivity index (χ4n) is 2.16. The molecule has 0 aromatic heterocycles. The van der Waals surface area contributed by atoms with E-state index in [2.05, 4.69) is 4.74 Å². The van der Waals surface area contributed by atoms with Crippen LogP contribution >= 0.6 is 11.8 Å². The molecule has 1 unspecified atom stereocenters. The molecule has 0 amide bonds. The maximum Gasteiger partial charge on any atom is 0.309 e. The molecular weight excluding hydrogens is 288 g/mol. The minimum atomic E-state index is -0.440. The molecule has 0 radical (unpaired) electrons. The number of esters is 1. The van der Waals surface area contributed by atoms with Crippen molar-refractivity contribution in [2.45, 2.75) is 43.5 Å². The highest BCUT2D eigenvalue weighted by Crippen LogP contribution is 2.27. The maximum absolute atomic E-state index is 11.2. The highest BCUT2D eigenvalue weighted by molar-refractivity contribution is 7.99. The lowest BCUT2D eigenvalue weighted by atomic mass is 10.2. The Morgan fingerprint density at radius 3 is 2.67 bits per heavy atom. The summed E-state index contributed by atoms with van der Waals surface area (Å²) in [6, 6.07) is 8.02. The molecule has 1 heterocycles. The van der Waals surface area contributed by atoms with Crippen LogP contribution in [-0.4, -0.2) is 37.3 Å². The third-order valence-corrected chi connectivity index (χ3v) is 4.32. The quantitative estimate of drug-likeness (QED) is 0.597. The molecule has 0 bridgehead atoms. The van der Waals surface area contributed by atoms with Gasteiger partial charge in [-0.1, -0.05) is 12.1 Å². The summed E-state index contributed by atoms with van der Waals surface area (Å²) < 4.78 is 16.0. The highest BCUT2D eigenvalue weighted by atomic mass is 32.2. The summed E-state index contributed by atoms with van der Waals surface area (Å²) in [5.41, 5.74) is 0.973. The first kappa shape index (κ1) is 16.3. The summed E-state index contributed by atoms with van der Waals surface area (Å²) in [6.45, 7) is 4.56. The van der Waals surface area contributed by atoms with E-state index < -0.39 is 5.79 Å². The van der Waals surface area contributed by atoms with Gasteiger partial charge in [0, 0.05) is 10.6 Å². The first-order chi connectivity index (χ1) is 9.98. The van der Waals surface area contributed by atoms with Crippen LogP contribution in [0.1, 0.15) is 25.8 Å². The molecular formula is C16H22O4S. The Labute approximate surface area is 130 Å². The van der Waals surface area contributed by atoms with Crippen molar-refractivity contribution in [3.8, 4) is 0 Å². The smallest absolute Gasteiger partial charge is 0.309 e. The molecule has 21 heavy (non-hydrogen) atoms. The van der Waals surface area contributed by atoms with Crippen molar-refractivity contribution in [1.29, 1.82) is 0 Å². The first-order valence-electron chi connectivity index (χ1n) is 7.09. The summed E-state index contributed by atoms with van der Waals surface area (Å²) in [5.74, 6) is 0.335. The van der Waals surface area contributed by atoms with E-state index >= 15 is 0 Å². The fourth-order valence-corrected chi connectivity index (χ4v) is 3.10. The molecule has 1 atom stereocenters. The third kappa shape index (κ3) is 5.34. The molecule has 0 saturated carbocycles. The largest absolute Gasteiger partial charge is 0.469 e. The monoisotopic (exact) mass is 310 g/mol. The molecule has 2 rings (SSSR count). The van der Waals surface area contributed by atoms with Gasteiger partial charge < -0.3 is 14.2 Å². The van der Waals surface area contributed by atoms with Gasteiger partial charge in [0.25, 0.3) is 0 Å². The SMILES string of the molecule is COC(=O)Cc1ccc(SCCC2COC(C)(C)O2)cc1. The number of rotatable bonds is 6. The fraction of sp³-hybridized carbons (Fsp3) is 0.562. The normalized spacial score (nSPS) is 20.4. The van der Waals surface area contributed by atoms with E-state index in [0.29, 0.717) is 13.0 Å². The zero-order valence-electron chi connectivity index (χ0n) is 12.8. The van der Waals surface area contributed by atoms with Gasteiger partial charge in [-0.25, -0.2) is 0 Å². The van der Waals surface area contributed by atoms with E-state index in [9.17, 15) is 4.79 Å². The Kier molecular flexibility index (Phi) is 5.67. The zero-order valence-corrected chi connectivity index (χ0v) is 13.6. The van der Waals surface area contributed by atoms with Crippen molar-refractivity contribution in [2.75, 3.05) is 19.5 Å². The second-order valence-corrected chi connectivity index (χ2v) is 6.65. The maximum atomic E-state index is 11.2. The first-order valence-corrected chi connectivity index (χ1v) is 8.07. The topological polar surface area (TPSA) is 44.8 Å². The van der Waals surface area contributed by atoms with Crippen LogP contribution in [0.3, 0.4) is 0 Å². The number of carbonyl (C=O) groups excluding carboxylic acids is 1. The van der Waals surface area contributed by atoms with Crippen LogP contribution in [-0.2, 0) is 25.4 Å². The van der Waals surface area contributed by atoms with Gasteiger partial charge in [0.2, 0.25) is 0 Å². The molecule has 0 spiro atoms. The van der Waals surface area contributed by atoms with Crippen molar-refractivity contribution in [3.05, 3.63) is 29.8 Å². The van der Waals surface area contributed by atoms with E-state index in [4.69, 9.17) is 9.47 Å². The Morgan fingerprint density at radius 1 is 1.38 bits per heavy atom. The van der Waals surface area contributed by atoms with Gasteiger partial charge in [-0.05, 0) is 38.0 Å². The van der Waals surface area contributed by atoms with Crippen molar-refractivity contribution in [3.63, 3.8) is 0 Å². The Bertz CT molecular complexity index is 470. The van der Waals surface area contributed by atoms with E-state index in [-0.39, 0.29) is 12.1 Å². The number of hydrogen-bond acceptors (Lipinski definition) is 5. The van der Waals surface area contributed by atoms with Gasteiger partial charge in [-0.15, -0.1) is 11.8 Å². The summed E-state index contributed by atoms with van der Waals surface area (Å²) in [5, 5.41) is 0. The molecule has 116 valence electrons. The minimum Gasteiger partial charge on any atom is -0.469 e. The standard InChI is InChI=1S/C16H22O4S/c1-16(2)19-11-13(20-16)8-9-21-14-6-4-12(5-7-14)10-15(17)18-3/h4-7,13H,8-11H2,1-3H3. The Hall–Kier alpha value is -1.04. The number of carbonyl (C=O) groups is 1. The highest BCUT2D eigenvalue weighted by Gasteiger charge is 2.32. The van der Waals surface area contributed by atoms with E-state index in [0.717, 1.165) is 17.7 Å². The average molecular weight is 310 g/mol. The summed E-state index contributed by atoms with van der Waals surface area (Å²) in [6.07, 6.45) is 1.48. The van der Waals surface area contributed by atoms with E-state index in [1.165, 1.54) is 12.0 Å². The lowest BCUT2D eigenvalue weighted by Crippen LogP contribution is -2.21. The number of ether oxygens (including phenoxy) is 3. The molecule has 0 N–H and O–H groups in total. The predicted molar refractivity (Wildman–Crippen MR) is 82.4 cm³/mol. The van der Waals surface area contributed by atoms with Gasteiger partial charge in [-0.3, -0.25) is 4.79 Å². The Balaban J connectivity index is 1.73. The lowest BCUT2D eigenvalue weighted by molar-refractivity contribution is -0.140. The van der Waals surface area contributed by atoms with Gasteiger partial charge in [0.05, 0.1) is 26.2 Å². The van der Waals surface area contributed by atoms with Gasteiger partial charge >= 0.3 is 5.97 Å². The number of benzene rings is 1. The second kappa shape index (κ2) is 7.29. The molecule has 1 aliphatic rings. The molecule has 1 saturated heterocycles. The van der Waals surface area contributed by atoms with Crippen molar-refractivity contribution >= 4 is 17.7 Å². The zero-order chi connectivity index (χ0) is 15.3. The van der Waals surface area contributed by atoms with E-state index in [1.54, 1.807) is 11.8 Å². The van der Waals surface area contributed by atoms with Crippen LogP contribution in [0.15, 0.2) is 29.2 Å². The molecule has 1 aromatic rings. The van der Waals surface area contributed by atoms with Gasteiger partial charge in [0.1, 0.15) is 0 Å². The van der Waals surface area contributed by atoms with Gasteiger partial charge in [-0.2, -0.15) is 0 Å². The summed E-state index contributed by atoms with van der Waals surface area (Å²) >= 11 is 1.79. The van der Waals surface area contributed by atoms with Crippen LogP contribution in [0.25, 0.3) is 0 Å². The molecule has 1 aliphatic heterocycles. The summed E-state index contributed by atoms with van der Waals surface area (Å²) in [4.78, 5) is 12.4. The van der Waals surface area contributed by atoms with Crippen molar-refractivity contribution < 1.29 is 19.0 Å². The average Bonchev–Trinajstić information content (AvgIpc) is 2.80. The van der Waals surface area contributed by atoms with E-state index in [1.807, 2.05) is 38.1 Å². The van der Waals surface area contributed by atoms with Gasteiger partial charge in [0.15, 0.2) is 5.79 Å². The van der Waals surface area contributed by atoms with Crippen LogP contribution in [0.5, 0.6) is 0 Å². The molecule has 0 aliphatic carbocycles. The molecule has 4 nitrogen and oxygen atoms in total. The third-order valence-electron chi connectivity index (χ3n) is 3.28. The molecule has 1 aromatic carbocycles. The minimum absolute atomic E-state index is 0.186.